The zero-order valence-corrected chi connectivity index (χ0v) is 13.8. The summed E-state index contributed by atoms with van der Waals surface area (Å²) in [7, 11) is 0. The summed E-state index contributed by atoms with van der Waals surface area (Å²) in [5.74, 6) is 0.792. The Morgan fingerprint density at radius 1 is 1.45 bits per heavy atom. The van der Waals surface area contributed by atoms with Gasteiger partial charge in [-0.2, -0.15) is 0 Å². The molecule has 0 N–H and O–H groups in total. The third-order valence-electron chi connectivity index (χ3n) is 3.81. The molecule has 1 aromatic carbocycles. The molecule has 0 saturated carbocycles. The topological polar surface area (TPSA) is 38.8 Å². The van der Waals surface area contributed by atoms with Crippen LogP contribution in [0.5, 0.6) is 5.75 Å². The molecular weight excluding hydrogens is 369 g/mol. The van der Waals surface area contributed by atoms with Crippen molar-refractivity contribution in [2.24, 2.45) is 0 Å². The van der Waals surface area contributed by atoms with E-state index in [1.807, 2.05) is 18.2 Å². The van der Waals surface area contributed by atoms with Gasteiger partial charge < -0.3 is 14.4 Å². The molecule has 1 atom stereocenters. The quantitative estimate of drug-likeness (QED) is 0.733. The largest absolute Gasteiger partial charge is 0.482 e. The molecule has 1 fully saturated rings. The lowest BCUT2D eigenvalue weighted by Crippen LogP contribution is -2.43. The van der Waals surface area contributed by atoms with Gasteiger partial charge in [0.15, 0.2) is 6.61 Å². The van der Waals surface area contributed by atoms with E-state index >= 15 is 0 Å². The molecule has 108 valence electrons. The molecule has 5 heteroatoms. The van der Waals surface area contributed by atoms with Gasteiger partial charge in [-0.3, -0.25) is 4.79 Å². The van der Waals surface area contributed by atoms with E-state index in [4.69, 9.17) is 9.47 Å². The fraction of sp³-hybridized carbons (Fsp3) is 0.533. The van der Waals surface area contributed by atoms with E-state index in [0.29, 0.717) is 6.54 Å². The Kier molecular flexibility index (Phi) is 3.66. The minimum absolute atomic E-state index is 0.00649. The Hall–Kier alpha value is -0.820. The monoisotopic (exact) mass is 387 g/mol. The molecule has 1 saturated heterocycles. The van der Waals surface area contributed by atoms with Crippen LogP contribution >= 0.6 is 22.6 Å². The van der Waals surface area contributed by atoms with Crippen molar-refractivity contribution in [2.75, 3.05) is 18.1 Å². The summed E-state index contributed by atoms with van der Waals surface area (Å²) in [6.07, 6.45) is 2.15. The molecule has 0 radical (unpaired) electrons. The number of halogens is 1. The van der Waals surface area contributed by atoms with Crippen LogP contribution in [-0.2, 0) is 9.53 Å². The van der Waals surface area contributed by atoms with Gasteiger partial charge >= 0.3 is 0 Å². The number of hydrogen-bond acceptors (Lipinski definition) is 3. The Labute approximate surface area is 132 Å². The molecule has 1 amide bonds. The molecule has 2 heterocycles. The number of ether oxygens (including phenoxy) is 2. The Balaban J connectivity index is 1.81. The minimum atomic E-state index is -0.0745. The van der Waals surface area contributed by atoms with Gasteiger partial charge in [0.2, 0.25) is 0 Å². The average Bonchev–Trinajstić information content (AvgIpc) is 2.72. The van der Waals surface area contributed by atoms with Crippen molar-refractivity contribution >= 4 is 34.2 Å². The van der Waals surface area contributed by atoms with Crippen molar-refractivity contribution in [2.45, 2.75) is 38.4 Å². The van der Waals surface area contributed by atoms with E-state index in [2.05, 4.69) is 36.4 Å². The zero-order valence-electron chi connectivity index (χ0n) is 11.7. The number of carbonyl (C=O) groups excluding carboxylic acids is 1. The Morgan fingerprint density at radius 3 is 2.95 bits per heavy atom. The van der Waals surface area contributed by atoms with Crippen molar-refractivity contribution in [3.63, 3.8) is 0 Å². The molecule has 20 heavy (non-hydrogen) atoms. The van der Waals surface area contributed by atoms with Crippen LogP contribution < -0.4 is 9.64 Å². The van der Waals surface area contributed by atoms with E-state index in [1.165, 1.54) is 0 Å². The van der Waals surface area contributed by atoms with Gasteiger partial charge in [0.25, 0.3) is 5.91 Å². The van der Waals surface area contributed by atoms with Crippen molar-refractivity contribution in [3.05, 3.63) is 21.8 Å². The second kappa shape index (κ2) is 5.18. The van der Waals surface area contributed by atoms with Crippen LogP contribution in [0, 0.1) is 3.57 Å². The van der Waals surface area contributed by atoms with Crippen molar-refractivity contribution < 1.29 is 14.3 Å². The Morgan fingerprint density at radius 2 is 2.25 bits per heavy atom. The second-order valence-electron chi connectivity index (χ2n) is 5.94. The highest BCUT2D eigenvalue weighted by Gasteiger charge is 2.35. The van der Waals surface area contributed by atoms with E-state index in [0.717, 1.165) is 27.8 Å². The summed E-state index contributed by atoms with van der Waals surface area (Å²) >= 11 is 2.24. The molecule has 0 bridgehead atoms. The summed E-state index contributed by atoms with van der Waals surface area (Å²) in [4.78, 5) is 13.9. The molecular formula is C15H18INO3. The summed E-state index contributed by atoms with van der Waals surface area (Å²) in [6, 6.07) is 5.91. The highest BCUT2D eigenvalue weighted by molar-refractivity contribution is 14.1. The second-order valence-corrected chi connectivity index (χ2v) is 7.19. The van der Waals surface area contributed by atoms with Gasteiger partial charge in [0, 0.05) is 3.57 Å². The van der Waals surface area contributed by atoms with Crippen molar-refractivity contribution in [3.8, 4) is 5.75 Å². The highest BCUT2D eigenvalue weighted by Crippen LogP contribution is 2.36. The summed E-state index contributed by atoms with van der Waals surface area (Å²) in [6.45, 7) is 4.93. The van der Waals surface area contributed by atoms with Gasteiger partial charge in [0.05, 0.1) is 23.9 Å². The number of fused-ring (bicyclic) bond motifs is 1. The predicted molar refractivity (Wildman–Crippen MR) is 85.2 cm³/mol. The van der Waals surface area contributed by atoms with Gasteiger partial charge in [0.1, 0.15) is 5.75 Å². The van der Waals surface area contributed by atoms with Gasteiger partial charge in [-0.1, -0.05) is 0 Å². The first-order chi connectivity index (χ1) is 9.44. The molecule has 0 aromatic heterocycles. The van der Waals surface area contributed by atoms with Crippen molar-refractivity contribution in [1.29, 1.82) is 0 Å². The van der Waals surface area contributed by atoms with Crippen LogP contribution in [0.3, 0.4) is 0 Å². The number of rotatable bonds is 2. The summed E-state index contributed by atoms with van der Waals surface area (Å²) in [5, 5.41) is 0. The van der Waals surface area contributed by atoms with Crippen LogP contribution in [0.4, 0.5) is 5.69 Å². The molecule has 3 rings (SSSR count). The average molecular weight is 387 g/mol. The molecule has 4 nitrogen and oxygen atoms in total. The maximum atomic E-state index is 12.1. The first-order valence-electron chi connectivity index (χ1n) is 6.85. The van der Waals surface area contributed by atoms with Crippen LogP contribution in [0.15, 0.2) is 18.2 Å². The lowest BCUT2D eigenvalue weighted by atomic mass is 10.1. The summed E-state index contributed by atoms with van der Waals surface area (Å²) < 4.78 is 12.6. The van der Waals surface area contributed by atoms with Gasteiger partial charge in [-0.25, -0.2) is 0 Å². The first kappa shape index (κ1) is 14.1. The SMILES string of the molecule is CC1(C)CCC(CN2C(=O)COc3cc(I)ccc32)O1. The molecule has 2 aliphatic heterocycles. The van der Waals surface area contributed by atoms with Crippen LogP contribution in [0.2, 0.25) is 0 Å². The Bertz CT molecular complexity index is 544. The molecule has 2 aliphatic rings. The number of hydrogen-bond donors (Lipinski definition) is 0. The number of amides is 1. The third kappa shape index (κ3) is 2.79. The van der Waals surface area contributed by atoms with E-state index in [9.17, 15) is 4.79 Å². The third-order valence-corrected chi connectivity index (χ3v) is 4.48. The standard InChI is InChI=1S/C15H18INO3/c1-15(2)6-5-11(20-15)8-17-12-4-3-10(16)7-13(12)19-9-14(17)18/h3-4,7,11H,5-6,8-9H2,1-2H3. The fourth-order valence-electron chi connectivity index (χ4n) is 2.79. The lowest BCUT2D eigenvalue weighted by molar-refractivity contribution is -0.122. The molecule has 0 aliphatic carbocycles. The first-order valence-corrected chi connectivity index (χ1v) is 7.93. The lowest BCUT2D eigenvalue weighted by Gasteiger charge is -2.31. The molecule has 0 spiro atoms. The van der Waals surface area contributed by atoms with Crippen LogP contribution in [0.1, 0.15) is 26.7 Å². The van der Waals surface area contributed by atoms with Gasteiger partial charge in [-0.05, 0) is 67.5 Å². The highest BCUT2D eigenvalue weighted by atomic mass is 127. The van der Waals surface area contributed by atoms with Crippen LogP contribution in [0.25, 0.3) is 0 Å². The molecule has 1 unspecified atom stereocenters. The van der Waals surface area contributed by atoms with E-state index in [-0.39, 0.29) is 24.2 Å². The number of anilines is 1. The number of carbonyl (C=O) groups is 1. The maximum absolute atomic E-state index is 12.1. The van der Waals surface area contributed by atoms with Gasteiger partial charge in [-0.15, -0.1) is 0 Å². The van der Waals surface area contributed by atoms with E-state index < -0.39 is 0 Å². The zero-order chi connectivity index (χ0) is 14.3. The fourth-order valence-corrected chi connectivity index (χ4v) is 3.25. The number of nitrogens with zero attached hydrogens (tertiary/aromatic N) is 1. The van der Waals surface area contributed by atoms with Crippen LogP contribution in [-0.4, -0.2) is 30.8 Å². The normalized spacial score (nSPS) is 24.4. The van der Waals surface area contributed by atoms with Crippen molar-refractivity contribution in [1.82, 2.24) is 0 Å². The maximum Gasteiger partial charge on any atom is 0.265 e. The smallest absolute Gasteiger partial charge is 0.265 e. The van der Waals surface area contributed by atoms with E-state index in [1.54, 1.807) is 4.90 Å². The summed E-state index contributed by atoms with van der Waals surface area (Å²) in [5.41, 5.74) is 0.782. The predicted octanol–water partition coefficient (Wildman–Crippen LogP) is 2.97. The molecule has 1 aromatic rings. The minimum Gasteiger partial charge on any atom is -0.482 e. The number of benzene rings is 1.